The predicted molar refractivity (Wildman–Crippen MR) is 98.1 cm³/mol. The van der Waals surface area contributed by atoms with Crippen LogP contribution in [0.4, 0.5) is 5.69 Å². The number of hydrogen-bond acceptors (Lipinski definition) is 2. The molecule has 0 unspecified atom stereocenters. The number of nitrogens with one attached hydrogen (secondary N) is 2. The van der Waals surface area contributed by atoms with E-state index in [9.17, 15) is 9.59 Å². The number of rotatable bonds is 5. The summed E-state index contributed by atoms with van der Waals surface area (Å²) in [7, 11) is 0. The summed E-state index contributed by atoms with van der Waals surface area (Å²) < 4.78 is 0.983. The number of carbonyl (C=O) groups excluding carboxylic acids is 2. The minimum Gasteiger partial charge on any atom is -0.349 e. The molecule has 1 aliphatic rings. The minimum absolute atomic E-state index is 0.0825. The Bertz CT molecular complexity index is 767. The van der Waals surface area contributed by atoms with Crippen LogP contribution >= 0.6 is 15.9 Å². The average molecular weight is 387 g/mol. The molecule has 2 aromatic rings. The molecule has 0 radical (unpaired) electrons. The van der Waals surface area contributed by atoms with Crippen molar-refractivity contribution in [3.05, 3.63) is 63.6 Å². The number of aryl methyl sites for hydroxylation is 1. The third-order valence-corrected chi connectivity index (χ3v) is 4.49. The first-order valence-corrected chi connectivity index (χ1v) is 8.76. The Morgan fingerprint density at radius 1 is 1.12 bits per heavy atom. The van der Waals surface area contributed by atoms with E-state index in [1.54, 1.807) is 12.1 Å². The third-order valence-electron chi connectivity index (χ3n) is 3.96. The molecule has 4 nitrogen and oxygen atoms in total. The zero-order valence-electron chi connectivity index (χ0n) is 13.4. The molecule has 0 aliphatic heterocycles. The zero-order valence-corrected chi connectivity index (χ0v) is 15.0. The normalized spacial score (nSPS) is 13.4. The molecule has 24 heavy (non-hydrogen) atoms. The second kappa shape index (κ2) is 7.18. The van der Waals surface area contributed by atoms with Gasteiger partial charge in [-0.25, -0.2) is 0 Å². The number of halogens is 1. The second-order valence-electron chi connectivity index (χ2n) is 6.13. The fourth-order valence-electron chi connectivity index (χ4n) is 2.38. The van der Waals surface area contributed by atoms with E-state index in [4.69, 9.17) is 0 Å². The molecule has 0 bridgehead atoms. The van der Waals surface area contributed by atoms with Crippen molar-refractivity contribution >= 4 is 33.4 Å². The van der Waals surface area contributed by atoms with Gasteiger partial charge in [-0.05, 0) is 55.2 Å². The lowest BCUT2D eigenvalue weighted by Crippen LogP contribution is -2.25. The monoisotopic (exact) mass is 386 g/mol. The Hall–Kier alpha value is -2.14. The maximum atomic E-state index is 12.3. The Morgan fingerprint density at radius 3 is 2.50 bits per heavy atom. The highest BCUT2D eigenvalue weighted by Gasteiger charge is 2.24. The van der Waals surface area contributed by atoms with Gasteiger partial charge in [0.2, 0.25) is 5.91 Å². The van der Waals surface area contributed by atoms with Crippen LogP contribution in [0.15, 0.2) is 46.9 Å². The van der Waals surface area contributed by atoms with Gasteiger partial charge in [0.15, 0.2) is 0 Å². The summed E-state index contributed by atoms with van der Waals surface area (Å²) in [6.07, 6.45) is 2.40. The number of anilines is 1. The molecular formula is C19H19BrN2O2. The Balaban J connectivity index is 1.67. The maximum Gasteiger partial charge on any atom is 0.251 e. The first-order valence-electron chi connectivity index (χ1n) is 7.97. The Kier molecular flexibility index (Phi) is 5.00. The molecule has 1 saturated carbocycles. The molecule has 1 fully saturated rings. The lowest BCUT2D eigenvalue weighted by molar-refractivity contribution is -0.115. The lowest BCUT2D eigenvalue weighted by atomic mass is 10.1. The van der Waals surface area contributed by atoms with Crippen molar-refractivity contribution < 1.29 is 9.59 Å². The van der Waals surface area contributed by atoms with Crippen LogP contribution in [0.25, 0.3) is 0 Å². The number of amides is 2. The summed E-state index contributed by atoms with van der Waals surface area (Å²) in [5.74, 6) is -0.180. The first kappa shape index (κ1) is 16.7. The molecule has 124 valence electrons. The van der Waals surface area contributed by atoms with Crippen LogP contribution in [0.5, 0.6) is 0 Å². The van der Waals surface area contributed by atoms with Crippen molar-refractivity contribution in [3.63, 3.8) is 0 Å². The van der Waals surface area contributed by atoms with Gasteiger partial charge >= 0.3 is 0 Å². The van der Waals surface area contributed by atoms with Gasteiger partial charge in [0.05, 0.1) is 6.42 Å². The molecule has 2 amide bonds. The van der Waals surface area contributed by atoms with Gasteiger partial charge in [-0.15, -0.1) is 0 Å². The van der Waals surface area contributed by atoms with Crippen LogP contribution in [-0.2, 0) is 11.2 Å². The SMILES string of the molecule is Cc1ccc(C(=O)NC2CC2)cc1NC(=O)Cc1ccc(Br)cc1. The first-order chi connectivity index (χ1) is 11.5. The molecule has 1 aliphatic carbocycles. The van der Waals surface area contributed by atoms with Crippen LogP contribution < -0.4 is 10.6 Å². The summed E-state index contributed by atoms with van der Waals surface area (Å²) >= 11 is 3.38. The van der Waals surface area contributed by atoms with Crippen molar-refractivity contribution in [1.29, 1.82) is 0 Å². The van der Waals surface area contributed by atoms with Crippen molar-refractivity contribution in [2.24, 2.45) is 0 Å². The van der Waals surface area contributed by atoms with Crippen LogP contribution in [0.1, 0.15) is 34.3 Å². The van der Waals surface area contributed by atoms with E-state index in [2.05, 4.69) is 26.6 Å². The van der Waals surface area contributed by atoms with Crippen molar-refractivity contribution in [2.45, 2.75) is 32.2 Å². The van der Waals surface area contributed by atoms with E-state index >= 15 is 0 Å². The Labute approximate surface area is 149 Å². The molecule has 0 aromatic heterocycles. The van der Waals surface area contributed by atoms with Gasteiger partial charge in [-0.3, -0.25) is 9.59 Å². The summed E-state index contributed by atoms with van der Waals surface area (Å²) in [6, 6.07) is 13.4. The molecule has 0 heterocycles. The fourth-order valence-corrected chi connectivity index (χ4v) is 2.64. The topological polar surface area (TPSA) is 58.2 Å². The van der Waals surface area contributed by atoms with Gasteiger partial charge in [-0.2, -0.15) is 0 Å². The standard InChI is InChI=1S/C19H19BrN2O2/c1-12-2-5-14(19(24)21-16-8-9-16)11-17(12)22-18(23)10-13-3-6-15(20)7-4-13/h2-7,11,16H,8-10H2,1H3,(H,21,24)(H,22,23). The van der Waals surface area contributed by atoms with E-state index in [1.807, 2.05) is 37.3 Å². The number of benzene rings is 2. The van der Waals surface area contributed by atoms with Gasteiger partial charge in [-0.1, -0.05) is 34.1 Å². The van der Waals surface area contributed by atoms with E-state index in [-0.39, 0.29) is 11.8 Å². The fraction of sp³-hybridized carbons (Fsp3) is 0.263. The van der Waals surface area contributed by atoms with Gasteiger partial charge in [0.1, 0.15) is 0 Å². The largest absolute Gasteiger partial charge is 0.349 e. The highest BCUT2D eigenvalue weighted by molar-refractivity contribution is 9.10. The van der Waals surface area contributed by atoms with E-state index in [0.29, 0.717) is 23.7 Å². The van der Waals surface area contributed by atoms with Crippen molar-refractivity contribution in [2.75, 3.05) is 5.32 Å². The van der Waals surface area contributed by atoms with Crippen LogP contribution in [0.3, 0.4) is 0 Å². The summed E-state index contributed by atoms with van der Waals surface area (Å²) in [5, 5.41) is 5.87. The Morgan fingerprint density at radius 2 is 1.83 bits per heavy atom. The average Bonchev–Trinajstić information content (AvgIpc) is 3.35. The van der Waals surface area contributed by atoms with E-state index in [0.717, 1.165) is 28.4 Å². The van der Waals surface area contributed by atoms with Crippen LogP contribution in [-0.4, -0.2) is 17.9 Å². The molecule has 0 spiro atoms. The van der Waals surface area contributed by atoms with Crippen LogP contribution in [0.2, 0.25) is 0 Å². The number of carbonyl (C=O) groups is 2. The smallest absolute Gasteiger partial charge is 0.251 e. The van der Waals surface area contributed by atoms with Crippen molar-refractivity contribution in [3.8, 4) is 0 Å². The summed E-state index contributed by atoms with van der Waals surface area (Å²) in [4.78, 5) is 24.4. The molecule has 3 rings (SSSR count). The lowest BCUT2D eigenvalue weighted by Gasteiger charge is -2.11. The summed E-state index contributed by atoms with van der Waals surface area (Å²) in [6.45, 7) is 1.91. The van der Waals surface area contributed by atoms with Gasteiger partial charge in [0, 0.05) is 21.8 Å². The maximum absolute atomic E-state index is 12.3. The van der Waals surface area contributed by atoms with Gasteiger partial charge in [0.25, 0.3) is 5.91 Å². The highest BCUT2D eigenvalue weighted by atomic mass is 79.9. The molecule has 0 atom stereocenters. The molecule has 5 heteroatoms. The van der Waals surface area contributed by atoms with E-state index < -0.39 is 0 Å². The molecule has 0 saturated heterocycles. The summed E-state index contributed by atoms with van der Waals surface area (Å²) in [5.41, 5.74) is 3.13. The number of hydrogen-bond donors (Lipinski definition) is 2. The van der Waals surface area contributed by atoms with Crippen molar-refractivity contribution in [1.82, 2.24) is 5.32 Å². The minimum atomic E-state index is -0.0971. The molecule has 2 aromatic carbocycles. The molecular weight excluding hydrogens is 368 g/mol. The quantitative estimate of drug-likeness (QED) is 0.819. The second-order valence-corrected chi connectivity index (χ2v) is 7.04. The molecule has 2 N–H and O–H groups in total. The van der Waals surface area contributed by atoms with Crippen LogP contribution in [0, 0.1) is 6.92 Å². The van der Waals surface area contributed by atoms with E-state index in [1.165, 1.54) is 0 Å². The predicted octanol–water partition coefficient (Wildman–Crippen LogP) is 3.83. The zero-order chi connectivity index (χ0) is 17.1. The highest BCUT2D eigenvalue weighted by Crippen LogP contribution is 2.21. The van der Waals surface area contributed by atoms with Gasteiger partial charge < -0.3 is 10.6 Å². The third kappa shape index (κ3) is 4.45.